The molecule has 0 spiro atoms. The van der Waals surface area contributed by atoms with Crippen LogP contribution in [0.3, 0.4) is 0 Å². The summed E-state index contributed by atoms with van der Waals surface area (Å²) in [6, 6.07) is 6.21. The van der Waals surface area contributed by atoms with Crippen LogP contribution in [0.4, 0.5) is 5.69 Å². The molecule has 74 valence electrons. The Balaban J connectivity index is 2.37. The Bertz CT molecular complexity index is 376. The van der Waals surface area contributed by atoms with E-state index >= 15 is 0 Å². The monoisotopic (exact) mass is 301 g/mol. The third-order valence-electron chi connectivity index (χ3n) is 2.42. The van der Waals surface area contributed by atoms with Crippen LogP contribution in [0.25, 0.3) is 0 Å². The summed E-state index contributed by atoms with van der Waals surface area (Å²) in [5.74, 6) is 0.240. The van der Waals surface area contributed by atoms with E-state index in [9.17, 15) is 4.79 Å². The Labute approximate surface area is 97.4 Å². The highest BCUT2D eigenvalue weighted by molar-refractivity contribution is 14.1. The summed E-state index contributed by atoms with van der Waals surface area (Å²) < 4.78 is 1.20. The lowest BCUT2D eigenvalue weighted by molar-refractivity contribution is -0.117. The summed E-state index contributed by atoms with van der Waals surface area (Å²) in [4.78, 5) is 13.6. The molecule has 3 heteroatoms. The number of carbonyl (C=O) groups excluding carboxylic acids is 1. The second-order valence-electron chi connectivity index (χ2n) is 3.50. The average molecular weight is 301 g/mol. The number of carbonyl (C=O) groups is 1. The van der Waals surface area contributed by atoms with Gasteiger partial charge in [0, 0.05) is 15.8 Å². The van der Waals surface area contributed by atoms with Gasteiger partial charge in [0.1, 0.15) is 0 Å². The molecule has 0 saturated carbocycles. The van der Waals surface area contributed by atoms with Crippen molar-refractivity contribution in [2.45, 2.75) is 19.8 Å². The van der Waals surface area contributed by atoms with Crippen LogP contribution in [0.15, 0.2) is 18.2 Å². The van der Waals surface area contributed by atoms with Crippen molar-refractivity contribution in [3.63, 3.8) is 0 Å². The van der Waals surface area contributed by atoms with Gasteiger partial charge in [-0.05, 0) is 52.8 Å². The Morgan fingerprint density at radius 1 is 1.50 bits per heavy atom. The van der Waals surface area contributed by atoms with Crippen LogP contribution in [-0.4, -0.2) is 12.5 Å². The number of rotatable bonds is 2. The van der Waals surface area contributed by atoms with E-state index in [1.807, 2.05) is 4.90 Å². The fourth-order valence-corrected chi connectivity index (χ4v) is 2.38. The number of anilines is 1. The summed E-state index contributed by atoms with van der Waals surface area (Å²) in [6.45, 7) is 2.93. The van der Waals surface area contributed by atoms with E-state index in [0.717, 1.165) is 18.7 Å². The predicted molar refractivity (Wildman–Crippen MR) is 65.5 cm³/mol. The number of fused-ring (bicyclic) bond motifs is 1. The summed E-state index contributed by atoms with van der Waals surface area (Å²) in [5.41, 5.74) is 2.28. The van der Waals surface area contributed by atoms with Gasteiger partial charge in [-0.1, -0.05) is 6.92 Å². The first-order valence-electron chi connectivity index (χ1n) is 4.81. The summed E-state index contributed by atoms with van der Waals surface area (Å²) in [5, 5.41) is 0. The molecule has 1 aliphatic heterocycles. The maximum absolute atomic E-state index is 11.7. The third-order valence-corrected chi connectivity index (χ3v) is 3.09. The van der Waals surface area contributed by atoms with Gasteiger partial charge >= 0.3 is 0 Å². The molecule has 0 atom stereocenters. The molecular formula is C11H12INO. The molecule has 0 fully saturated rings. The van der Waals surface area contributed by atoms with E-state index in [-0.39, 0.29) is 5.91 Å². The quantitative estimate of drug-likeness (QED) is 0.769. The van der Waals surface area contributed by atoms with Crippen LogP contribution in [0.2, 0.25) is 0 Å². The number of halogens is 1. The summed E-state index contributed by atoms with van der Waals surface area (Å²) in [7, 11) is 0. The molecule has 0 saturated heterocycles. The first-order valence-corrected chi connectivity index (χ1v) is 5.89. The highest BCUT2D eigenvalue weighted by atomic mass is 127. The van der Waals surface area contributed by atoms with Crippen molar-refractivity contribution >= 4 is 34.2 Å². The van der Waals surface area contributed by atoms with E-state index in [0.29, 0.717) is 6.42 Å². The lowest BCUT2D eigenvalue weighted by Crippen LogP contribution is -2.27. The second kappa shape index (κ2) is 3.88. The van der Waals surface area contributed by atoms with Gasteiger partial charge in [-0.2, -0.15) is 0 Å². The highest BCUT2D eigenvalue weighted by Crippen LogP contribution is 2.30. The molecule has 0 N–H and O–H groups in total. The first kappa shape index (κ1) is 9.96. The van der Waals surface area contributed by atoms with Crippen LogP contribution in [0.1, 0.15) is 18.9 Å². The Morgan fingerprint density at radius 3 is 3.00 bits per heavy atom. The van der Waals surface area contributed by atoms with Gasteiger partial charge in [0.2, 0.25) is 5.91 Å². The number of nitrogens with zero attached hydrogens (tertiary/aromatic N) is 1. The van der Waals surface area contributed by atoms with Crippen molar-refractivity contribution in [2.75, 3.05) is 11.4 Å². The molecule has 0 unspecified atom stereocenters. The highest BCUT2D eigenvalue weighted by Gasteiger charge is 2.25. The zero-order chi connectivity index (χ0) is 10.1. The molecule has 0 aliphatic carbocycles. The predicted octanol–water partition coefficient (Wildman–Crippen LogP) is 2.59. The Hall–Kier alpha value is -0.580. The fourth-order valence-electron chi connectivity index (χ4n) is 1.82. The fraction of sp³-hybridized carbons (Fsp3) is 0.364. The molecule has 1 aromatic carbocycles. The van der Waals surface area contributed by atoms with Gasteiger partial charge < -0.3 is 4.90 Å². The maximum Gasteiger partial charge on any atom is 0.231 e. The van der Waals surface area contributed by atoms with Crippen molar-refractivity contribution in [2.24, 2.45) is 0 Å². The van der Waals surface area contributed by atoms with Crippen LogP contribution in [0, 0.1) is 3.57 Å². The number of benzene rings is 1. The topological polar surface area (TPSA) is 20.3 Å². The maximum atomic E-state index is 11.7. The number of amides is 1. The van der Waals surface area contributed by atoms with Crippen molar-refractivity contribution in [1.82, 2.24) is 0 Å². The minimum atomic E-state index is 0.240. The first-order chi connectivity index (χ1) is 6.72. The molecule has 2 rings (SSSR count). The van der Waals surface area contributed by atoms with Crippen molar-refractivity contribution < 1.29 is 4.79 Å². The Kier molecular flexibility index (Phi) is 2.76. The standard InChI is InChI=1S/C11H12INO/c1-2-5-13-10-4-3-9(12)6-8(10)7-11(13)14/h3-4,6H,2,5,7H2,1H3. The lowest BCUT2D eigenvalue weighted by atomic mass is 10.2. The van der Waals surface area contributed by atoms with E-state index < -0.39 is 0 Å². The third kappa shape index (κ3) is 1.65. The molecule has 0 bridgehead atoms. The Morgan fingerprint density at radius 2 is 2.29 bits per heavy atom. The lowest BCUT2D eigenvalue weighted by Gasteiger charge is -2.15. The van der Waals surface area contributed by atoms with Crippen LogP contribution in [0.5, 0.6) is 0 Å². The van der Waals surface area contributed by atoms with E-state index in [2.05, 4.69) is 47.7 Å². The SMILES string of the molecule is CCCN1C(=O)Cc2cc(I)ccc21. The minimum absolute atomic E-state index is 0.240. The molecule has 0 aromatic heterocycles. The van der Waals surface area contributed by atoms with Crippen molar-refractivity contribution in [3.8, 4) is 0 Å². The van der Waals surface area contributed by atoms with Crippen LogP contribution < -0.4 is 4.90 Å². The summed E-state index contributed by atoms with van der Waals surface area (Å²) >= 11 is 2.28. The molecule has 1 heterocycles. The van der Waals surface area contributed by atoms with E-state index in [1.165, 1.54) is 9.13 Å². The van der Waals surface area contributed by atoms with E-state index in [1.54, 1.807) is 0 Å². The zero-order valence-electron chi connectivity index (χ0n) is 8.09. The number of hydrogen-bond acceptors (Lipinski definition) is 1. The van der Waals surface area contributed by atoms with Crippen molar-refractivity contribution in [1.29, 1.82) is 0 Å². The molecule has 1 aliphatic rings. The zero-order valence-corrected chi connectivity index (χ0v) is 10.2. The molecular weight excluding hydrogens is 289 g/mol. The van der Waals surface area contributed by atoms with Gasteiger partial charge in [0.15, 0.2) is 0 Å². The van der Waals surface area contributed by atoms with Gasteiger partial charge in [-0.15, -0.1) is 0 Å². The van der Waals surface area contributed by atoms with Gasteiger partial charge in [-0.3, -0.25) is 4.79 Å². The second-order valence-corrected chi connectivity index (χ2v) is 4.74. The van der Waals surface area contributed by atoms with Gasteiger partial charge in [0.25, 0.3) is 0 Å². The minimum Gasteiger partial charge on any atom is -0.312 e. The average Bonchev–Trinajstić information content (AvgIpc) is 2.43. The van der Waals surface area contributed by atoms with Crippen molar-refractivity contribution in [3.05, 3.63) is 27.3 Å². The molecule has 2 nitrogen and oxygen atoms in total. The smallest absolute Gasteiger partial charge is 0.231 e. The molecule has 1 amide bonds. The van der Waals surface area contributed by atoms with E-state index in [4.69, 9.17) is 0 Å². The van der Waals surface area contributed by atoms with Gasteiger partial charge in [-0.25, -0.2) is 0 Å². The molecule has 14 heavy (non-hydrogen) atoms. The molecule has 0 radical (unpaired) electrons. The van der Waals surface area contributed by atoms with Gasteiger partial charge in [0.05, 0.1) is 6.42 Å². The summed E-state index contributed by atoms with van der Waals surface area (Å²) in [6.07, 6.45) is 1.59. The number of hydrogen-bond donors (Lipinski definition) is 0. The van der Waals surface area contributed by atoms with Crippen LogP contribution in [-0.2, 0) is 11.2 Å². The largest absolute Gasteiger partial charge is 0.312 e. The van der Waals surface area contributed by atoms with Crippen LogP contribution >= 0.6 is 22.6 Å². The molecule has 1 aromatic rings. The normalized spacial score (nSPS) is 14.7.